The van der Waals surface area contributed by atoms with Gasteiger partial charge in [0.25, 0.3) is 5.69 Å². The molecule has 0 amide bonds. The third kappa shape index (κ3) is 3.21. The van der Waals surface area contributed by atoms with Crippen LogP contribution in [0.15, 0.2) is 36.4 Å². The minimum Gasteiger partial charge on any atom is -0.381 e. The number of rotatable bonds is 4. The van der Waals surface area contributed by atoms with Crippen LogP contribution in [0.25, 0.3) is 0 Å². The third-order valence-corrected chi connectivity index (χ3v) is 3.76. The average molecular weight is 311 g/mol. The molecule has 0 unspecified atom stereocenters. The van der Waals surface area contributed by atoms with Gasteiger partial charge in [-0.1, -0.05) is 35.3 Å². The Morgan fingerprint density at radius 3 is 2.60 bits per heavy atom. The first-order valence-electron chi connectivity index (χ1n) is 5.91. The maximum absolute atomic E-state index is 10.9. The van der Waals surface area contributed by atoms with Gasteiger partial charge >= 0.3 is 0 Å². The Kier molecular flexibility index (Phi) is 4.47. The molecule has 0 atom stereocenters. The van der Waals surface area contributed by atoms with E-state index in [9.17, 15) is 10.1 Å². The number of nitro groups is 1. The van der Waals surface area contributed by atoms with Crippen molar-refractivity contribution in [1.29, 1.82) is 0 Å². The summed E-state index contributed by atoms with van der Waals surface area (Å²) in [5.74, 6) is 0. The molecule has 0 saturated heterocycles. The first-order valence-corrected chi connectivity index (χ1v) is 6.66. The van der Waals surface area contributed by atoms with Crippen LogP contribution < -0.4 is 5.32 Å². The zero-order valence-corrected chi connectivity index (χ0v) is 12.2. The maximum Gasteiger partial charge on any atom is 0.272 e. The van der Waals surface area contributed by atoms with Crippen molar-refractivity contribution >= 4 is 34.6 Å². The van der Waals surface area contributed by atoms with E-state index >= 15 is 0 Å². The van der Waals surface area contributed by atoms with Gasteiger partial charge in [0.2, 0.25) is 0 Å². The SMILES string of the molecule is Cc1c(CNc2ccc(Cl)c(Cl)c2)cccc1[N+](=O)[O-]. The van der Waals surface area contributed by atoms with Crippen molar-refractivity contribution < 1.29 is 4.92 Å². The summed E-state index contributed by atoms with van der Waals surface area (Å²) in [6, 6.07) is 10.3. The predicted molar refractivity (Wildman–Crippen MR) is 81.6 cm³/mol. The summed E-state index contributed by atoms with van der Waals surface area (Å²) in [5.41, 5.74) is 2.46. The Balaban J connectivity index is 2.17. The molecule has 0 fully saturated rings. The van der Waals surface area contributed by atoms with E-state index in [0.29, 0.717) is 22.2 Å². The fourth-order valence-corrected chi connectivity index (χ4v) is 2.16. The van der Waals surface area contributed by atoms with Crippen LogP contribution in [0.4, 0.5) is 11.4 Å². The highest BCUT2D eigenvalue weighted by Crippen LogP contribution is 2.26. The molecular weight excluding hydrogens is 299 g/mol. The van der Waals surface area contributed by atoms with Crippen LogP contribution in [0.2, 0.25) is 10.0 Å². The molecule has 2 aromatic carbocycles. The predicted octanol–water partition coefficient (Wildman–Crippen LogP) is 4.82. The highest BCUT2D eigenvalue weighted by Gasteiger charge is 2.12. The van der Waals surface area contributed by atoms with Crippen LogP contribution >= 0.6 is 23.2 Å². The fraction of sp³-hybridized carbons (Fsp3) is 0.143. The van der Waals surface area contributed by atoms with E-state index in [2.05, 4.69) is 5.32 Å². The molecule has 1 N–H and O–H groups in total. The summed E-state index contributed by atoms with van der Waals surface area (Å²) in [6.07, 6.45) is 0. The number of nitrogens with one attached hydrogen (secondary N) is 1. The van der Waals surface area contributed by atoms with Crippen LogP contribution in [0.3, 0.4) is 0 Å². The number of nitro benzene ring substituents is 1. The molecule has 0 aliphatic heterocycles. The van der Waals surface area contributed by atoms with E-state index in [1.165, 1.54) is 6.07 Å². The van der Waals surface area contributed by atoms with E-state index in [1.54, 1.807) is 31.2 Å². The third-order valence-electron chi connectivity index (χ3n) is 3.02. The summed E-state index contributed by atoms with van der Waals surface area (Å²) in [6.45, 7) is 2.22. The van der Waals surface area contributed by atoms with Crippen molar-refractivity contribution in [3.05, 3.63) is 67.7 Å². The van der Waals surface area contributed by atoms with Crippen molar-refractivity contribution in [2.75, 3.05) is 5.32 Å². The summed E-state index contributed by atoms with van der Waals surface area (Å²) in [7, 11) is 0. The number of nitrogens with zero attached hydrogens (tertiary/aromatic N) is 1. The molecule has 0 spiro atoms. The summed E-state index contributed by atoms with van der Waals surface area (Å²) in [5, 5.41) is 15.0. The molecule has 2 rings (SSSR count). The van der Waals surface area contributed by atoms with Gasteiger partial charge in [-0.2, -0.15) is 0 Å². The summed E-state index contributed by atoms with van der Waals surface area (Å²) >= 11 is 11.8. The normalized spacial score (nSPS) is 10.3. The van der Waals surface area contributed by atoms with Gasteiger partial charge in [0.1, 0.15) is 0 Å². The highest BCUT2D eigenvalue weighted by atomic mass is 35.5. The molecule has 2 aromatic rings. The first kappa shape index (κ1) is 14.6. The molecule has 0 bridgehead atoms. The van der Waals surface area contributed by atoms with Crippen molar-refractivity contribution in [1.82, 2.24) is 0 Å². The van der Waals surface area contributed by atoms with Gasteiger partial charge in [-0.15, -0.1) is 0 Å². The lowest BCUT2D eigenvalue weighted by atomic mass is 10.1. The molecule has 0 aliphatic rings. The zero-order valence-electron chi connectivity index (χ0n) is 10.7. The fourth-order valence-electron chi connectivity index (χ4n) is 1.86. The van der Waals surface area contributed by atoms with Gasteiger partial charge in [0, 0.05) is 23.9 Å². The van der Waals surface area contributed by atoms with Crippen molar-refractivity contribution in [2.45, 2.75) is 13.5 Å². The molecule has 4 nitrogen and oxygen atoms in total. The van der Waals surface area contributed by atoms with Gasteiger partial charge in [0.05, 0.1) is 15.0 Å². The summed E-state index contributed by atoms with van der Waals surface area (Å²) < 4.78 is 0. The van der Waals surface area contributed by atoms with E-state index in [1.807, 2.05) is 6.07 Å². The van der Waals surface area contributed by atoms with E-state index in [-0.39, 0.29) is 10.6 Å². The molecule has 0 heterocycles. The molecule has 20 heavy (non-hydrogen) atoms. The molecular formula is C14H12Cl2N2O2. The number of anilines is 1. The van der Waals surface area contributed by atoms with Crippen molar-refractivity contribution in [3.63, 3.8) is 0 Å². The monoisotopic (exact) mass is 310 g/mol. The van der Waals surface area contributed by atoms with Crippen LogP contribution in [0.5, 0.6) is 0 Å². The van der Waals surface area contributed by atoms with E-state index in [0.717, 1.165) is 11.3 Å². The molecule has 0 radical (unpaired) electrons. The van der Waals surface area contributed by atoms with Crippen LogP contribution in [-0.4, -0.2) is 4.92 Å². The lowest BCUT2D eigenvalue weighted by Gasteiger charge is -2.10. The standard InChI is InChI=1S/C14H12Cl2N2O2/c1-9-10(3-2-4-14(9)18(19)20)8-17-11-5-6-12(15)13(16)7-11/h2-7,17H,8H2,1H3. The lowest BCUT2D eigenvalue weighted by Crippen LogP contribution is -2.03. The molecule has 6 heteroatoms. The Bertz CT molecular complexity index is 660. The molecule has 104 valence electrons. The van der Waals surface area contributed by atoms with E-state index in [4.69, 9.17) is 23.2 Å². The van der Waals surface area contributed by atoms with Gasteiger partial charge < -0.3 is 5.32 Å². The molecule has 0 aromatic heterocycles. The largest absolute Gasteiger partial charge is 0.381 e. The Morgan fingerprint density at radius 2 is 1.95 bits per heavy atom. The smallest absolute Gasteiger partial charge is 0.272 e. The van der Waals surface area contributed by atoms with Crippen molar-refractivity contribution in [3.8, 4) is 0 Å². The van der Waals surface area contributed by atoms with E-state index < -0.39 is 0 Å². The van der Waals surface area contributed by atoms with Crippen molar-refractivity contribution in [2.24, 2.45) is 0 Å². The Morgan fingerprint density at radius 1 is 1.20 bits per heavy atom. The first-order chi connectivity index (χ1) is 9.49. The highest BCUT2D eigenvalue weighted by molar-refractivity contribution is 6.42. The number of benzene rings is 2. The second-order valence-corrected chi connectivity index (χ2v) is 5.12. The van der Waals surface area contributed by atoms with Gasteiger partial charge in [-0.05, 0) is 30.7 Å². The zero-order chi connectivity index (χ0) is 14.7. The number of hydrogen-bond acceptors (Lipinski definition) is 3. The lowest BCUT2D eigenvalue weighted by molar-refractivity contribution is -0.385. The minimum absolute atomic E-state index is 0.124. The minimum atomic E-state index is -0.377. The summed E-state index contributed by atoms with van der Waals surface area (Å²) in [4.78, 5) is 10.5. The van der Waals surface area contributed by atoms with Gasteiger partial charge in [-0.25, -0.2) is 0 Å². The molecule has 0 aliphatic carbocycles. The Hall–Kier alpha value is -1.78. The van der Waals surface area contributed by atoms with Crippen LogP contribution in [0.1, 0.15) is 11.1 Å². The topological polar surface area (TPSA) is 55.2 Å². The van der Waals surface area contributed by atoms with Gasteiger partial charge in [-0.3, -0.25) is 10.1 Å². The second-order valence-electron chi connectivity index (χ2n) is 4.30. The molecule has 0 saturated carbocycles. The second kappa shape index (κ2) is 6.11. The van der Waals surface area contributed by atoms with Crippen LogP contribution in [-0.2, 0) is 6.54 Å². The number of hydrogen-bond donors (Lipinski definition) is 1. The quantitative estimate of drug-likeness (QED) is 0.650. The van der Waals surface area contributed by atoms with Crippen LogP contribution in [0, 0.1) is 17.0 Å². The number of halogens is 2. The Labute approximate surface area is 126 Å². The average Bonchev–Trinajstić information content (AvgIpc) is 2.41. The van der Waals surface area contributed by atoms with Gasteiger partial charge in [0.15, 0.2) is 0 Å². The maximum atomic E-state index is 10.9.